The Balaban J connectivity index is 2.35. The van der Waals surface area contributed by atoms with Crippen molar-refractivity contribution in [3.05, 3.63) is 21.7 Å². The molecule has 0 spiro atoms. The van der Waals surface area contributed by atoms with E-state index in [1.54, 1.807) is 7.05 Å². The lowest BCUT2D eigenvalue weighted by molar-refractivity contribution is 0.431. The topological polar surface area (TPSA) is 78.0 Å². The number of nitrogens with one attached hydrogen (secondary N) is 2. The molecule has 0 saturated heterocycles. The highest BCUT2D eigenvalue weighted by molar-refractivity contribution is 5.27. The average molecular weight is 223 g/mol. The van der Waals surface area contributed by atoms with Crippen molar-refractivity contribution in [1.82, 2.24) is 15.3 Å². The molecule has 1 aromatic heterocycles. The van der Waals surface area contributed by atoms with Crippen molar-refractivity contribution >= 4 is 0 Å². The Bertz CT molecular complexity index is 422. The Labute approximate surface area is 93.9 Å². The molecule has 0 bridgehead atoms. The van der Waals surface area contributed by atoms with E-state index in [1.807, 2.05) is 0 Å². The van der Waals surface area contributed by atoms with Crippen LogP contribution in [0.15, 0.2) is 4.79 Å². The lowest BCUT2D eigenvalue weighted by Gasteiger charge is -2.10. The second-order valence-electron chi connectivity index (χ2n) is 4.26. The monoisotopic (exact) mass is 223 g/mol. The van der Waals surface area contributed by atoms with Crippen molar-refractivity contribution in [3.8, 4) is 5.88 Å². The van der Waals surface area contributed by atoms with Crippen LogP contribution >= 0.6 is 0 Å². The number of aromatic hydroxyl groups is 1. The third kappa shape index (κ3) is 2.09. The quantitative estimate of drug-likeness (QED) is 0.710. The minimum absolute atomic E-state index is 0.0964. The molecular formula is C11H17N3O2. The number of H-pyrrole nitrogens is 1. The van der Waals surface area contributed by atoms with Crippen molar-refractivity contribution in [2.45, 2.75) is 38.1 Å². The van der Waals surface area contributed by atoms with E-state index >= 15 is 0 Å². The summed E-state index contributed by atoms with van der Waals surface area (Å²) in [6.07, 6.45) is 4.21. The highest BCUT2D eigenvalue weighted by Gasteiger charge is 2.24. The predicted octanol–water partition coefficient (Wildman–Crippen LogP) is 0.852. The van der Waals surface area contributed by atoms with Crippen molar-refractivity contribution < 1.29 is 5.11 Å². The van der Waals surface area contributed by atoms with Crippen LogP contribution in [0.5, 0.6) is 5.88 Å². The Morgan fingerprint density at radius 2 is 2.19 bits per heavy atom. The molecule has 1 saturated carbocycles. The molecule has 1 fully saturated rings. The van der Waals surface area contributed by atoms with Crippen molar-refractivity contribution in [2.24, 2.45) is 0 Å². The largest absolute Gasteiger partial charge is 0.493 e. The predicted molar refractivity (Wildman–Crippen MR) is 60.5 cm³/mol. The third-order valence-electron chi connectivity index (χ3n) is 3.09. The Morgan fingerprint density at radius 1 is 1.50 bits per heavy atom. The fraction of sp³-hybridized carbons (Fsp3) is 0.636. The lowest BCUT2D eigenvalue weighted by atomic mass is 10.00. The van der Waals surface area contributed by atoms with Gasteiger partial charge >= 0.3 is 0 Å². The zero-order valence-electron chi connectivity index (χ0n) is 9.42. The number of hydrogen-bond donors (Lipinski definition) is 3. The third-order valence-corrected chi connectivity index (χ3v) is 3.09. The first-order valence-electron chi connectivity index (χ1n) is 5.69. The molecule has 0 radical (unpaired) electrons. The van der Waals surface area contributed by atoms with Gasteiger partial charge in [0.2, 0.25) is 5.88 Å². The van der Waals surface area contributed by atoms with Crippen LogP contribution in [0, 0.1) is 0 Å². The van der Waals surface area contributed by atoms with Crippen molar-refractivity contribution in [2.75, 3.05) is 7.05 Å². The fourth-order valence-corrected chi connectivity index (χ4v) is 2.35. The minimum atomic E-state index is -0.190. The zero-order valence-corrected chi connectivity index (χ0v) is 9.42. The Hall–Kier alpha value is -1.36. The molecule has 0 aliphatic heterocycles. The van der Waals surface area contributed by atoms with Crippen LogP contribution in [0.25, 0.3) is 0 Å². The highest BCUT2D eigenvalue weighted by atomic mass is 16.3. The molecule has 5 nitrogen and oxygen atoms in total. The number of aromatic nitrogens is 2. The lowest BCUT2D eigenvalue weighted by Crippen LogP contribution is -2.21. The van der Waals surface area contributed by atoms with E-state index in [2.05, 4.69) is 15.3 Å². The number of hydrogen-bond acceptors (Lipinski definition) is 4. The Kier molecular flexibility index (Phi) is 3.24. The first-order chi connectivity index (χ1) is 7.72. The van der Waals surface area contributed by atoms with Gasteiger partial charge in [-0.25, -0.2) is 0 Å². The van der Waals surface area contributed by atoms with Gasteiger partial charge in [0, 0.05) is 0 Å². The van der Waals surface area contributed by atoms with E-state index in [4.69, 9.17) is 0 Å². The number of rotatable bonds is 3. The minimum Gasteiger partial charge on any atom is -0.493 e. The maximum absolute atomic E-state index is 11.8. The summed E-state index contributed by atoms with van der Waals surface area (Å²) >= 11 is 0. The van der Waals surface area contributed by atoms with E-state index in [-0.39, 0.29) is 17.4 Å². The van der Waals surface area contributed by atoms with Crippen LogP contribution < -0.4 is 10.9 Å². The van der Waals surface area contributed by atoms with Gasteiger partial charge in [0.25, 0.3) is 5.56 Å². The van der Waals surface area contributed by atoms with Crippen LogP contribution in [0.3, 0.4) is 0 Å². The van der Waals surface area contributed by atoms with E-state index < -0.39 is 0 Å². The molecule has 2 rings (SSSR count). The number of nitrogens with zero attached hydrogens (tertiary/aromatic N) is 1. The molecule has 1 aliphatic rings. The van der Waals surface area contributed by atoms with Crippen molar-refractivity contribution in [1.29, 1.82) is 0 Å². The summed E-state index contributed by atoms with van der Waals surface area (Å²) in [7, 11) is 1.77. The fourth-order valence-electron chi connectivity index (χ4n) is 2.35. The van der Waals surface area contributed by atoms with Gasteiger partial charge in [-0.2, -0.15) is 4.98 Å². The molecular weight excluding hydrogens is 206 g/mol. The van der Waals surface area contributed by atoms with E-state index in [0.717, 1.165) is 25.7 Å². The number of aromatic amines is 1. The first-order valence-corrected chi connectivity index (χ1v) is 5.69. The van der Waals surface area contributed by atoms with Crippen LogP contribution in [-0.2, 0) is 6.54 Å². The van der Waals surface area contributed by atoms with Gasteiger partial charge in [-0.05, 0) is 25.8 Å². The summed E-state index contributed by atoms with van der Waals surface area (Å²) in [6.45, 7) is 0.452. The molecule has 0 aromatic carbocycles. The van der Waals surface area contributed by atoms with Crippen LogP contribution in [0.4, 0.5) is 0 Å². The standard InChI is InChI=1S/C11H17N3O2/c1-12-6-8-13-10(15)9(11(16)14-8)7-4-2-3-5-7/h7,12H,2-6H2,1H3,(H2,13,14,15,16). The van der Waals surface area contributed by atoms with Gasteiger partial charge in [-0.1, -0.05) is 12.8 Å². The molecule has 0 atom stereocenters. The second kappa shape index (κ2) is 4.65. The zero-order chi connectivity index (χ0) is 11.5. The molecule has 88 valence electrons. The first kappa shape index (κ1) is 11.1. The molecule has 1 aromatic rings. The summed E-state index contributed by atoms with van der Waals surface area (Å²) in [5.74, 6) is 0.563. The Morgan fingerprint density at radius 3 is 2.75 bits per heavy atom. The van der Waals surface area contributed by atoms with Gasteiger partial charge in [0.1, 0.15) is 5.82 Å². The van der Waals surface area contributed by atoms with E-state index in [1.165, 1.54) is 0 Å². The average Bonchev–Trinajstić information content (AvgIpc) is 2.70. The van der Waals surface area contributed by atoms with Gasteiger partial charge in [0.05, 0.1) is 12.1 Å². The van der Waals surface area contributed by atoms with Crippen molar-refractivity contribution in [3.63, 3.8) is 0 Å². The summed E-state index contributed by atoms with van der Waals surface area (Å²) in [5.41, 5.74) is 0.280. The van der Waals surface area contributed by atoms with E-state index in [0.29, 0.717) is 17.9 Å². The van der Waals surface area contributed by atoms with Gasteiger partial charge < -0.3 is 15.4 Å². The second-order valence-corrected chi connectivity index (χ2v) is 4.26. The summed E-state index contributed by atoms with van der Waals surface area (Å²) in [5, 5.41) is 12.7. The van der Waals surface area contributed by atoms with Gasteiger partial charge in [0.15, 0.2) is 0 Å². The smallest absolute Gasteiger partial charge is 0.258 e. The van der Waals surface area contributed by atoms with Crippen LogP contribution in [0.2, 0.25) is 0 Å². The van der Waals surface area contributed by atoms with Crippen LogP contribution in [0.1, 0.15) is 43.0 Å². The summed E-state index contributed by atoms with van der Waals surface area (Å²) < 4.78 is 0. The highest BCUT2D eigenvalue weighted by Crippen LogP contribution is 2.35. The summed E-state index contributed by atoms with van der Waals surface area (Å²) in [6, 6.07) is 0. The molecule has 16 heavy (non-hydrogen) atoms. The molecule has 5 heteroatoms. The van der Waals surface area contributed by atoms with Gasteiger partial charge in [-0.15, -0.1) is 0 Å². The van der Waals surface area contributed by atoms with Gasteiger partial charge in [-0.3, -0.25) is 4.79 Å². The SMILES string of the molecule is CNCc1nc(O)c(C2CCCC2)c(=O)[nH]1. The van der Waals surface area contributed by atoms with Crippen LogP contribution in [-0.4, -0.2) is 22.1 Å². The summed E-state index contributed by atoms with van der Waals surface area (Å²) in [4.78, 5) is 18.6. The molecule has 0 amide bonds. The maximum atomic E-state index is 11.8. The normalized spacial score (nSPS) is 16.8. The molecule has 1 heterocycles. The van der Waals surface area contributed by atoms with E-state index in [9.17, 15) is 9.90 Å². The molecule has 1 aliphatic carbocycles. The molecule has 0 unspecified atom stereocenters. The maximum Gasteiger partial charge on any atom is 0.258 e. The molecule has 3 N–H and O–H groups in total.